The molecule has 0 saturated carbocycles. The van der Waals surface area contributed by atoms with Crippen LogP contribution in [0.1, 0.15) is 37.1 Å². The Morgan fingerprint density at radius 2 is 1.69 bits per heavy atom. The molecular formula is C23H30N6. The van der Waals surface area contributed by atoms with E-state index in [0.717, 1.165) is 60.7 Å². The van der Waals surface area contributed by atoms with Gasteiger partial charge in [0.15, 0.2) is 11.5 Å². The van der Waals surface area contributed by atoms with E-state index in [0.29, 0.717) is 0 Å². The molecular weight excluding hydrogens is 360 g/mol. The molecule has 0 amide bonds. The standard InChI is InChI=1S/C23H30N6/c1-6-27(7-2)13-8-14-28-18(5)17(4)20-22(28)24-15-29-23(20)25-21(26-29)19-11-9-16(3)10-12-19/h9-12,15H,6-8,13-14H2,1-5H3. The lowest BCUT2D eigenvalue weighted by Crippen LogP contribution is -2.25. The number of hydrogen-bond acceptors (Lipinski definition) is 4. The van der Waals surface area contributed by atoms with Crippen molar-refractivity contribution in [2.75, 3.05) is 19.6 Å². The lowest BCUT2D eigenvalue weighted by molar-refractivity contribution is 0.293. The predicted molar refractivity (Wildman–Crippen MR) is 118 cm³/mol. The largest absolute Gasteiger partial charge is 0.329 e. The van der Waals surface area contributed by atoms with Crippen LogP contribution in [0.4, 0.5) is 0 Å². The van der Waals surface area contributed by atoms with E-state index in [1.807, 2.05) is 4.52 Å². The van der Waals surface area contributed by atoms with Crippen LogP contribution < -0.4 is 0 Å². The average molecular weight is 391 g/mol. The van der Waals surface area contributed by atoms with Crippen LogP contribution in [0.3, 0.4) is 0 Å². The Balaban J connectivity index is 1.73. The number of fused-ring (bicyclic) bond motifs is 3. The van der Waals surface area contributed by atoms with Crippen LogP contribution >= 0.6 is 0 Å². The highest BCUT2D eigenvalue weighted by atomic mass is 15.3. The molecule has 0 unspecified atom stereocenters. The Labute approximate surface area is 172 Å². The van der Waals surface area contributed by atoms with E-state index >= 15 is 0 Å². The first-order valence-electron chi connectivity index (χ1n) is 10.5. The molecule has 0 atom stereocenters. The summed E-state index contributed by atoms with van der Waals surface area (Å²) in [5.41, 5.74) is 6.66. The Kier molecular flexibility index (Phi) is 5.37. The zero-order valence-electron chi connectivity index (χ0n) is 18.1. The first-order valence-corrected chi connectivity index (χ1v) is 10.5. The zero-order valence-corrected chi connectivity index (χ0v) is 18.1. The molecule has 4 aromatic rings. The minimum absolute atomic E-state index is 0.741. The molecule has 152 valence electrons. The third-order valence-electron chi connectivity index (χ3n) is 6.01. The molecule has 0 spiro atoms. The lowest BCUT2D eigenvalue weighted by Gasteiger charge is -2.18. The summed E-state index contributed by atoms with van der Waals surface area (Å²) in [6.45, 7) is 15.2. The number of benzene rings is 1. The monoisotopic (exact) mass is 390 g/mol. The maximum atomic E-state index is 4.88. The Hall–Kier alpha value is -2.73. The smallest absolute Gasteiger partial charge is 0.182 e. The van der Waals surface area contributed by atoms with Crippen molar-refractivity contribution in [2.24, 2.45) is 0 Å². The van der Waals surface area contributed by atoms with Gasteiger partial charge in [0, 0.05) is 17.8 Å². The minimum atomic E-state index is 0.741. The quantitative estimate of drug-likeness (QED) is 0.469. The fourth-order valence-corrected chi connectivity index (χ4v) is 4.02. The Morgan fingerprint density at radius 3 is 2.38 bits per heavy atom. The maximum absolute atomic E-state index is 4.88. The van der Waals surface area contributed by atoms with Crippen molar-refractivity contribution in [2.45, 2.75) is 47.6 Å². The second kappa shape index (κ2) is 7.95. The summed E-state index contributed by atoms with van der Waals surface area (Å²) in [6, 6.07) is 8.34. The minimum Gasteiger partial charge on any atom is -0.329 e. The zero-order chi connectivity index (χ0) is 20.5. The van der Waals surface area contributed by atoms with Crippen LogP contribution in [-0.4, -0.2) is 48.7 Å². The van der Waals surface area contributed by atoms with Gasteiger partial charge in [-0.1, -0.05) is 43.7 Å². The molecule has 0 fully saturated rings. The second-order valence-corrected chi connectivity index (χ2v) is 7.76. The maximum Gasteiger partial charge on any atom is 0.182 e. The highest BCUT2D eigenvalue weighted by Crippen LogP contribution is 2.28. The van der Waals surface area contributed by atoms with Crippen molar-refractivity contribution in [3.63, 3.8) is 0 Å². The van der Waals surface area contributed by atoms with Crippen molar-refractivity contribution in [1.82, 2.24) is 29.0 Å². The van der Waals surface area contributed by atoms with E-state index in [4.69, 9.17) is 9.97 Å². The van der Waals surface area contributed by atoms with Crippen LogP contribution in [0.2, 0.25) is 0 Å². The van der Waals surface area contributed by atoms with Gasteiger partial charge in [0.05, 0.1) is 5.39 Å². The Bertz CT molecular complexity index is 1130. The molecule has 3 aromatic heterocycles. The highest BCUT2D eigenvalue weighted by molar-refractivity contribution is 5.94. The topological polar surface area (TPSA) is 51.2 Å². The molecule has 3 heterocycles. The van der Waals surface area contributed by atoms with Gasteiger partial charge in [-0.05, 0) is 52.4 Å². The molecule has 0 aliphatic heterocycles. The molecule has 29 heavy (non-hydrogen) atoms. The number of rotatable bonds is 7. The SMILES string of the molecule is CCN(CC)CCCn1c(C)c(C)c2c1ncn1nc(-c3ccc(C)cc3)nc21. The number of nitrogens with zero attached hydrogens (tertiary/aromatic N) is 6. The van der Waals surface area contributed by atoms with E-state index in [1.165, 1.54) is 16.8 Å². The molecule has 6 nitrogen and oxygen atoms in total. The van der Waals surface area contributed by atoms with Crippen molar-refractivity contribution in [3.05, 3.63) is 47.4 Å². The molecule has 0 bridgehead atoms. The fraction of sp³-hybridized carbons (Fsp3) is 0.435. The van der Waals surface area contributed by atoms with Gasteiger partial charge in [-0.2, -0.15) is 0 Å². The van der Waals surface area contributed by atoms with E-state index in [1.54, 1.807) is 6.33 Å². The van der Waals surface area contributed by atoms with E-state index in [2.05, 4.69) is 73.4 Å². The summed E-state index contributed by atoms with van der Waals surface area (Å²) in [6.07, 6.45) is 2.90. The second-order valence-electron chi connectivity index (χ2n) is 7.76. The van der Waals surface area contributed by atoms with Gasteiger partial charge in [-0.15, -0.1) is 5.10 Å². The molecule has 6 heteroatoms. The van der Waals surface area contributed by atoms with Crippen molar-refractivity contribution >= 4 is 16.7 Å². The summed E-state index contributed by atoms with van der Waals surface area (Å²) < 4.78 is 4.15. The third-order valence-corrected chi connectivity index (χ3v) is 6.01. The van der Waals surface area contributed by atoms with Crippen LogP contribution in [0, 0.1) is 20.8 Å². The van der Waals surface area contributed by atoms with E-state index in [-0.39, 0.29) is 0 Å². The molecule has 0 N–H and O–H groups in total. The number of hydrogen-bond donors (Lipinski definition) is 0. The third kappa shape index (κ3) is 3.53. The van der Waals surface area contributed by atoms with Gasteiger partial charge in [-0.3, -0.25) is 0 Å². The molecule has 0 radical (unpaired) electrons. The van der Waals surface area contributed by atoms with Crippen LogP contribution in [0.5, 0.6) is 0 Å². The van der Waals surface area contributed by atoms with Gasteiger partial charge in [-0.25, -0.2) is 14.5 Å². The molecule has 1 aromatic carbocycles. The summed E-state index contributed by atoms with van der Waals surface area (Å²) in [4.78, 5) is 12.1. The number of aryl methyl sites for hydroxylation is 3. The van der Waals surface area contributed by atoms with Crippen molar-refractivity contribution in [1.29, 1.82) is 0 Å². The number of aromatic nitrogens is 5. The first-order chi connectivity index (χ1) is 14.0. The summed E-state index contributed by atoms with van der Waals surface area (Å²) in [7, 11) is 0. The summed E-state index contributed by atoms with van der Waals surface area (Å²) in [5.74, 6) is 0.741. The average Bonchev–Trinajstić information content (AvgIpc) is 3.26. The Morgan fingerprint density at radius 1 is 0.966 bits per heavy atom. The van der Waals surface area contributed by atoms with Crippen LogP contribution in [0.15, 0.2) is 30.6 Å². The van der Waals surface area contributed by atoms with Crippen molar-refractivity contribution in [3.8, 4) is 11.4 Å². The van der Waals surface area contributed by atoms with Crippen LogP contribution in [0.25, 0.3) is 28.1 Å². The summed E-state index contributed by atoms with van der Waals surface area (Å²) in [5, 5.41) is 5.79. The summed E-state index contributed by atoms with van der Waals surface area (Å²) >= 11 is 0. The van der Waals surface area contributed by atoms with Gasteiger partial charge in [0.2, 0.25) is 0 Å². The first kappa shape index (κ1) is 19.6. The van der Waals surface area contributed by atoms with Gasteiger partial charge in [0.1, 0.15) is 12.0 Å². The van der Waals surface area contributed by atoms with Crippen LogP contribution in [-0.2, 0) is 6.54 Å². The molecule has 4 rings (SSSR count). The lowest BCUT2D eigenvalue weighted by atomic mass is 10.1. The van der Waals surface area contributed by atoms with Gasteiger partial charge < -0.3 is 9.47 Å². The molecule has 0 aliphatic carbocycles. The fourth-order valence-electron chi connectivity index (χ4n) is 4.02. The normalized spacial score (nSPS) is 11.9. The molecule has 0 saturated heterocycles. The van der Waals surface area contributed by atoms with Gasteiger partial charge >= 0.3 is 0 Å². The van der Waals surface area contributed by atoms with E-state index in [9.17, 15) is 0 Å². The highest BCUT2D eigenvalue weighted by Gasteiger charge is 2.18. The molecule has 0 aliphatic rings. The van der Waals surface area contributed by atoms with E-state index < -0.39 is 0 Å². The predicted octanol–water partition coefficient (Wildman–Crippen LogP) is 4.40. The van der Waals surface area contributed by atoms with Gasteiger partial charge in [0.25, 0.3) is 0 Å². The van der Waals surface area contributed by atoms with Crippen molar-refractivity contribution < 1.29 is 0 Å².